The summed E-state index contributed by atoms with van der Waals surface area (Å²) < 4.78 is 0. The number of piperidine rings is 1. The molecular weight excluding hydrogens is 258 g/mol. The average molecular weight is 279 g/mol. The highest BCUT2D eigenvalue weighted by Crippen LogP contribution is 2.37. The summed E-state index contributed by atoms with van der Waals surface area (Å²) in [5.41, 5.74) is 2.19. The Kier molecular flexibility index (Phi) is 3.86. The topological polar surface area (TPSA) is 58.4 Å². The second kappa shape index (κ2) is 5.61. The van der Waals surface area contributed by atoms with E-state index in [4.69, 9.17) is 5.84 Å². The molecule has 1 amide bonds. The molecule has 2 aliphatic rings. The lowest BCUT2D eigenvalue weighted by Gasteiger charge is -2.37. The van der Waals surface area contributed by atoms with Crippen LogP contribution in [0.4, 0.5) is 0 Å². The Morgan fingerprint density at radius 2 is 2.21 bits per heavy atom. The third-order valence-corrected chi connectivity index (χ3v) is 5.55. The van der Waals surface area contributed by atoms with Gasteiger partial charge in [0, 0.05) is 17.5 Å². The summed E-state index contributed by atoms with van der Waals surface area (Å²) in [5.74, 6) is 5.90. The van der Waals surface area contributed by atoms with Crippen LogP contribution in [0, 0.1) is 5.92 Å². The lowest BCUT2D eigenvalue weighted by atomic mass is 9.92. The fourth-order valence-electron chi connectivity index (χ4n) is 3.61. The van der Waals surface area contributed by atoms with Gasteiger partial charge in [0.2, 0.25) is 0 Å². The highest BCUT2D eigenvalue weighted by atomic mass is 32.1. The molecule has 0 radical (unpaired) electrons. The summed E-state index contributed by atoms with van der Waals surface area (Å²) in [5, 5.41) is 0. The summed E-state index contributed by atoms with van der Waals surface area (Å²) in [4.78, 5) is 16.1. The van der Waals surface area contributed by atoms with E-state index >= 15 is 0 Å². The number of hydrazine groups is 1. The Hall–Kier alpha value is -0.910. The van der Waals surface area contributed by atoms with Crippen LogP contribution in [0.1, 0.15) is 46.7 Å². The van der Waals surface area contributed by atoms with Gasteiger partial charge in [-0.05, 0) is 50.3 Å². The molecule has 2 unspecified atom stereocenters. The number of nitrogens with zero attached hydrogens (tertiary/aromatic N) is 1. The molecule has 104 valence electrons. The molecule has 1 aliphatic heterocycles. The van der Waals surface area contributed by atoms with Crippen molar-refractivity contribution in [2.45, 2.75) is 44.7 Å². The van der Waals surface area contributed by atoms with Gasteiger partial charge in [-0.3, -0.25) is 15.1 Å². The van der Waals surface area contributed by atoms with E-state index in [0.717, 1.165) is 18.5 Å². The maximum atomic E-state index is 11.5. The number of nitrogen functional groups attached to an aromatic ring is 1. The largest absolute Gasteiger partial charge is 0.295 e. The van der Waals surface area contributed by atoms with Gasteiger partial charge in [0.1, 0.15) is 0 Å². The quantitative estimate of drug-likeness (QED) is 0.506. The number of hydrogen-bond acceptors (Lipinski definition) is 4. The Morgan fingerprint density at radius 1 is 1.37 bits per heavy atom. The van der Waals surface area contributed by atoms with Crippen LogP contribution in [0.2, 0.25) is 0 Å². The summed E-state index contributed by atoms with van der Waals surface area (Å²) in [7, 11) is 0. The van der Waals surface area contributed by atoms with Crippen molar-refractivity contribution in [1.82, 2.24) is 10.3 Å². The van der Waals surface area contributed by atoms with E-state index in [9.17, 15) is 4.79 Å². The van der Waals surface area contributed by atoms with Gasteiger partial charge in [0.05, 0.1) is 4.88 Å². The van der Waals surface area contributed by atoms with Crippen LogP contribution in [0.5, 0.6) is 0 Å². The number of carbonyl (C=O) groups is 1. The predicted molar refractivity (Wildman–Crippen MR) is 76.7 cm³/mol. The third kappa shape index (κ3) is 2.68. The van der Waals surface area contributed by atoms with Gasteiger partial charge in [0.25, 0.3) is 5.91 Å². The SMILES string of the molecule is NNC(=O)c1ccc(CN2CCCC3CCCC32)s1. The van der Waals surface area contributed by atoms with Gasteiger partial charge < -0.3 is 0 Å². The smallest absolute Gasteiger partial charge is 0.275 e. The Labute approximate surface area is 117 Å². The Morgan fingerprint density at radius 3 is 3.05 bits per heavy atom. The zero-order valence-corrected chi connectivity index (χ0v) is 11.9. The van der Waals surface area contributed by atoms with E-state index in [0.29, 0.717) is 4.88 Å². The predicted octanol–water partition coefficient (Wildman–Crippen LogP) is 2.12. The molecule has 4 nitrogen and oxygen atoms in total. The number of thiophene rings is 1. The van der Waals surface area contributed by atoms with E-state index in [2.05, 4.69) is 16.4 Å². The number of carbonyl (C=O) groups excluding carboxylic acids is 1. The molecule has 2 fully saturated rings. The van der Waals surface area contributed by atoms with Crippen LogP contribution in [-0.2, 0) is 6.54 Å². The number of nitrogens with two attached hydrogens (primary N) is 1. The minimum atomic E-state index is -0.186. The molecule has 3 rings (SSSR count). The summed E-state index contributed by atoms with van der Waals surface area (Å²) in [6, 6.07) is 4.72. The van der Waals surface area contributed by atoms with Crippen molar-refractivity contribution in [1.29, 1.82) is 0 Å². The molecule has 1 saturated carbocycles. The van der Waals surface area contributed by atoms with Gasteiger partial charge in [-0.1, -0.05) is 6.42 Å². The highest BCUT2D eigenvalue weighted by molar-refractivity contribution is 7.14. The van der Waals surface area contributed by atoms with Crippen molar-refractivity contribution < 1.29 is 4.79 Å². The fourth-order valence-corrected chi connectivity index (χ4v) is 4.55. The minimum Gasteiger partial charge on any atom is -0.295 e. The standard InChI is InChI=1S/C14H21N3OS/c15-16-14(18)13-7-6-11(19-13)9-17-8-2-4-10-3-1-5-12(10)17/h6-7,10,12H,1-5,8-9,15H2,(H,16,18). The van der Waals surface area contributed by atoms with E-state index in [1.54, 1.807) is 11.3 Å². The molecule has 19 heavy (non-hydrogen) atoms. The molecule has 2 heterocycles. The van der Waals surface area contributed by atoms with Crippen molar-refractivity contribution in [3.05, 3.63) is 21.9 Å². The number of hydrogen-bond donors (Lipinski definition) is 2. The number of fused-ring (bicyclic) bond motifs is 1. The van der Waals surface area contributed by atoms with Crippen molar-refractivity contribution in [2.24, 2.45) is 11.8 Å². The number of amides is 1. The molecule has 3 N–H and O–H groups in total. The van der Waals surface area contributed by atoms with E-state index in [1.165, 1.54) is 43.5 Å². The van der Waals surface area contributed by atoms with Crippen LogP contribution in [0.15, 0.2) is 12.1 Å². The van der Waals surface area contributed by atoms with Crippen molar-refractivity contribution in [2.75, 3.05) is 6.54 Å². The lowest BCUT2D eigenvalue weighted by molar-refractivity contribution is 0.0957. The first-order chi connectivity index (χ1) is 9.28. The minimum absolute atomic E-state index is 0.186. The third-order valence-electron chi connectivity index (χ3n) is 4.48. The van der Waals surface area contributed by atoms with Gasteiger partial charge in [-0.2, -0.15) is 0 Å². The summed E-state index contributed by atoms with van der Waals surface area (Å²) >= 11 is 1.56. The molecule has 0 spiro atoms. The molecule has 1 aliphatic carbocycles. The molecule has 0 bridgehead atoms. The second-order valence-electron chi connectivity index (χ2n) is 5.61. The maximum Gasteiger partial charge on any atom is 0.275 e. The first-order valence-electron chi connectivity index (χ1n) is 7.11. The molecule has 0 aromatic carbocycles. The maximum absolute atomic E-state index is 11.5. The van der Waals surface area contributed by atoms with Gasteiger partial charge in [-0.25, -0.2) is 5.84 Å². The van der Waals surface area contributed by atoms with Crippen LogP contribution in [0.3, 0.4) is 0 Å². The molecule has 2 atom stereocenters. The summed E-state index contributed by atoms with van der Waals surface area (Å²) in [6.07, 6.45) is 6.88. The Bertz CT molecular complexity index is 459. The van der Waals surface area contributed by atoms with Gasteiger partial charge in [0.15, 0.2) is 0 Å². The first kappa shape index (κ1) is 13.1. The second-order valence-corrected chi connectivity index (χ2v) is 6.78. The lowest BCUT2D eigenvalue weighted by Crippen LogP contribution is -2.41. The highest BCUT2D eigenvalue weighted by Gasteiger charge is 2.34. The van der Waals surface area contributed by atoms with Gasteiger partial charge >= 0.3 is 0 Å². The normalized spacial score (nSPS) is 27.2. The van der Waals surface area contributed by atoms with Crippen LogP contribution < -0.4 is 11.3 Å². The van der Waals surface area contributed by atoms with Crippen LogP contribution in [-0.4, -0.2) is 23.4 Å². The Balaban J connectivity index is 1.67. The van der Waals surface area contributed by atoms with E-state index < -0.39 is 0 Å². The number of likely N-dealkylation sites (tertiary alicyclic amines) is 1. The monoisotopic (exact) mass is 279 g/mol. The van der Waals surface area contributed by atoms with Crippen LogP contribution >= 0.6 is 11.3 Å². The van der Waals surface area contributed by atoms with Crippen molar-refractivity contribution in [3.8, 4) is 0 Å². The van der Waals surface area contributed by atoms with E-state index in [1.807, 2.05) is 6.07 Å². The fraction of sp³-hybridized carbons (Fsp3) is 0.643. The zero-order chi connectivity index (χ0) is 13.2. The van der Waals surface area contributed by atoms with Crippen molar-refractivity contribution in [3.63, 3.8) is 0 Å². The molecule has 1 saturated heterocycles. The molecular formula is C14H21N3OS. The molecule has 5 heteroatoms. The summed E-state index contributed by atoms with van der Waals surface area (Å²) in [6.45, 7) is 2.20. The number of nitrogens with one attached hydrogen (secondary N) is 1. The number of rotatable bonds is 3. The van der Waals surface area contributed by atoms with Crippen molar-refractivity contribution >= 4 is 17.2 Å². The van der Waals surface area contributed by atoms with Gasteiger partial charge in [-0.15, -0.1) is 11.3 Å². The average Bonchev–Trinajstić information content (AvgIpc) is 3.07. The van der Waals surface area contributed by atoms with Crippen LogP contribution in [0.25, 0.3) is 0 Å². The molecule has 1 aromatic rings. The molecule has 1 aromatic heterocycles. The zero-order valence-electron chi connectivity index (χ0n) is 11.1. The first-order valence-corrected chi connectivity index (χ1v) is 7.93. The van der Waals surface area contributed by atoms with E-state index in [-0.39, 0.29) is 5.91 Å².